The smallest absolute Gasteiger partial charge is 0.252 e. The highest BCUT2D eigenvalue weighted by Crippen LogP contribution is 2.23. The van der Waals surface area contributed by atoms with Crippen LogP contribution in [0.5, 0.6) is 5.75 Å². The minimum Gasteiger partial charge on any atom is -0.496 e. The normalized spacial score (nSPS) is 12.6. The summed E-state index contributed by atoms with van der Waals surface area (Å²) in [7, 11) is -2.46. The van der Waals surface area contributed by atoms with E-state index in [0.717, 1.165) is 5.56 Å². The summed E-state index contributed by atoms with van der Waals surface area (Å²) in [4.78, 5) is 15.3. The molecule has 0 aliphatic carbocycles. The summed E-state index contributed by atoms with van der Waals surface area (Å²) < 4.78 is 32.5. The van der Waals surface area contributed by atoms with Crippen molar-refractivity contribution in [1.82, 2.24) is 9.71 Å². The topological polar surface area (TPSA) is 111 Å². The number of primary amides is 1. The number of benzene rings is 1. The Balaban J connectivity index is 2.33. The SMILES string of the molecule is COc1ccc(S(=O)(=O)NC(C)c2cccnc2)cc1C(N)=O. The number of hydrogen-bond donors (Lipinski definition) is 2. The molecule has 1 amide bonds. The summed E-state index contributed by atoms with van der Waals surface area (Å²) in [5.74, 6) is -0.545. The fourth-order valence-corrected chi connectivity index (χ4v) is 3.31. The van der Waals surface area contributed by atoms with Crippen molar-refractivity contribution < 1.29 is 17.9 Å². The van der Waals surface area contributed by atoms with Crippen LogP contribution in [0.3, 0.4) is 0 Å². The van der Waals surface area contributed by atoms with Gasteiger partial charge in [-0.2, -0.15) is 0 Å². The van der Waals surface area contributed by atoms with Gasteiger partial charge in [-0.25, -0.2) is 13.1 Å². The lowest BCUT2D eigenvalue weighted by Crippen LogP contribution is -2.27. The maximum Gasteiger partial charge on any atom is 0.252 e. The number of hydrogen-bond acceptors (Lipinski definition) is 5. The Morgan fingerprint density at radius 2 is 2.09 bits per heavy atom. The minimum absolute atomic E-state index is 0.00408. The molecular weight excluding hydrogens is 318 g/mol. The molecule has 122 valence electrons. The van der Waals surface area contributed by atoms with Gasteiger partial charge in [0.1, 0.15) is 5.75 Å². The third-order valence-electron chi connectivity index (χ3n) is 3.26. The molecule has 7 nitrogen and oxygen atoms in total. The highest BCUT2D eigenvalue weighted by atomic mass is 32.2. The zero-order valence-electron chi connectivity index (χ0n) is 12.7. The number of nitrogens with two attached hydrogens (primary N) is 1. The van der Waals surface area contributed by atoms with Gasteiger partial charge < -0.3 is 10.5 Å². The van der Waals surface area contributed by atoms with E-state index in [9.17, 15) is 13.2 Å². The van der Waals surface area contributed by atoms with Gasteiger partial charge >= 0.3 is 0 Å². The van der Waals surface area contributed by atoms with Crippen molar-refractivity contribution >= 4 is 15.9 Å². The van der Waals surface area contributed by atoms with E-state index in [1.54, 1.807) is 31.5 Å². The number of carbonyl (C=O) groups is 1. The molecular formula is C15H17N3O4S. The van der Waals surface area contributed by atoms with Crippen LogP contribution in [0.2, 0.25) is 0 Å². The van der Waals surface area contributed by atoms with E-state index in [1.807, 2.05) is 0 Å². The van der Waals surface area contributed by atoms with Gasteiger partial charge in [0.25, 0.3) is 5.91 Å². The second-order valence-electron chi connectivity index (χ2n) is 4.86. The summed E-state index contributed by atoms with van der Waals surface area (Å²) in [6.07, 6.45) is 3.18. The van der Waals surface area contributed by atoms with Crippen LogP contribution in [0.1, 0.15) is 28.9 Å². The fourth-order valence-electron chi connectivity index (χ4n) is 2.05. The zero-order valence-corrected chi connectivity index (χ0v) is 13.5. The lowest BCUT2D eigenvalue weighted by Gasteiger charge is -2.15. The number of carbonyl (C=O) groups excluding carboxylic acids is 1. The van der Waals surface area contributed by atoms with Crippen LogP contribution in [0, 0.1) is 0 Å². The summed E-state index contributed by atoms with van der Waals surface area (Å²) in [5, 5.41) is 0. The van der Waals surface area contributed by atoms with Crippen molar-refractivity contribution in [2.24, 2.45) is 5.73 Å². The molecule has 2 rings (SSSR count). The molecule has 0 radical (unpaired) electrons. The quantitative estimate of drug-likeness (QED) is 0.824. The molecule has 23 heavy (non-hydrogen) atoms. The molecule has 0 saturated heterocycles. The van der Waals surface area contributed by atoms with Gasteiger partial charge in [-0.15, -0.1) is 0 Å². The molecule has 0 spiro atoms. The Kier molecular flexibility index (Phi) is 4.97. The number of pyridine rings is 1. The average Bonchev–Trinajstić information content (AvgIpc) is 2.54. The first kappa shape index (κ1) is 16.9. The van der Waals surface area contributed by atoms with Crippen molar-refractivity contribution in [1.29, 1.82) is 0 Å². The standard InChI is InChI=1S/C15H17N3O4S/c1-10(11-4-3-7-17-9-11)18-23(20,21)12-5-6-14(22-2)13(8-12)15(16)19/h3-10,18H,1-2H3,(H2,16,19). The van der Waals surface area contributed by atoms with E-state index in [0.29, 0.717) is 0 Å². The molecule has 8 heteroatoms. The van der Waals surface area contributed by atoms with Crippen LogP contribution in [-0.2, 0) is 10.0 Å². The van der Waals surface area contributed by atoms with Gasteiger partial charge in [0, 0.05) is 18.4 Å². The molecule has 1 aromatic heterocycles. The maximum absolute atomic E-state index is 12.5. The zero-order chi connectivity index (χ0) is 17.0. The molecule has 0 aliphatic heterocycles. The van der Waals surface area contributed by atoms with Gasteiger partial charge in [0.15, 0.2) is 0 Å². The van der Waals surface area contributed by atoms with E-state index in [4.69, 9.17) is 10.5 Å². The van der Waals surface area contributed by atoms with Gasteiger partial charge in [-0.3, -0.25) is 9.78 Å². The summed E-state index contributed by atoms with van der Waals surface area (Å²) in [5.41, 5.74) is 5.98. The van der Waals surface area contributed by atoms with E-state index in [-0.39, 0.29) is 16.2 Å². The first-order chi connectivity index (χ1) is 10.8. The van der Waals surface area contributed by atoms with Crippen molar-refractivity contribution in [2.45, 2.75) is 17.9 Å². The van der Waals surface area contributed by atoms with E-state index in [2.05, 4.69) is 9.71 Å². The van der Waals surface area contributed by atoms with Crippen molar-refractivity contribution in [3.8, 4) is 5.75 Å². The predicted molar refractivity (Wildman–Crippen MR) is 84.5 cm³/mol. The van der Waals surface area contributed by atoms with Gasteiger partial charge in [-0.05, 0) is 36.8 Å². The number of aromatic nitrogens is 1. The molecule has 3 N–H and O–H groups in total. The summed E-state index contributed by atoms with van der Waals surface area (Å²) in [6.45, 7) is 1.70. The Bertz CT molecular complexity index is 807. The second-order valence-corrected chi connectivity index (χ2v) is 6.57. The second kappa shape index (κ2) is 6.76. The van der Waals surface area contributed by atoms with Crippen molar-refractivity contribution in [3.05, 3.63) is 53.9 Å². The van der Waals surface area contributed by atoms with Crippen LogP contribution in [0.15, 0.2) is 47.6 Å². The van der Waals surface area contributed by atoms with Crippen LogP contribution in [0.4, 0.5) is 0 Å². The van der Waals surface area contributed by atoms with Crippen LogP contribution < -0.4 is 15.2 Å². The summed E-state index contributed by atoms with van der Waals surface area (Å²) in [6, 6.07) is 6.95. The van der Waals surface area contributed by atoms with Crippen LogP contribution >= 0.6 is 0 Å². The Labute approximate surface area is 134 Å². The number of nitrogens with one attached hydrogen (secondary N) is 1. The highest BCUT2D eigenvalue weighted by molar-refractivity contribution is 7.89. The third kappa shape index (κ3) is 3.85. The first-order valence-electron chi connectivity index (χ1n) is 6.75. The number of amides is 1. The molecule has 0 bridgehead atoms. The minimum atomic E-state index is -3.83. The van der Waals surface area contributed by atoms with E-state index < -0.39 is 22.0 Å². The number of rotatable bonds is 6. The molecule has 1 atom stereocenters. The largest absolute Gasteiger partial charge is 0.496 e. The molecule has 0 fully saturated rings. The van der Waals surface area contributed by atoms with E-state index >= 15 is 0 Å². The monoisotopic (exact) mass is 335 g/mol. The molecule has 1 unspecified atom stereocenters. The summed E-state index contributed by atoms with van der Waals surface area (Å²) >= 11 is 0. The Morgan fingerprint density at radius 1 is 1.35 bits per heavy atom. The fraction of sp³-hybridized carbons (Fsp3) is 0.200. The van der Waals surface area contributed by atoms with Crippen LogP contribution in [-0.4, -0.2) is 26.4 Å². The van der Waals surface area contributed by atoms with E-state index in [1.165, 1.54) is 25.3 Å². The van der Waals surface area contributed by atoms with Crippen molar-refractivity contribution in [3.63, 3.8) is 0 Å². The molecule has 1 heterocycles. The number of sulfonamides is 1. The number of nitrogens with zero attached hydrogens (tertiary/aromatic N) is 1. The molecule has 0 saturated carbocycles. The van der Waals surface area contributed by atoms with Crippen molar-refractivity contribution in [2.75, 3.05) is 7.11 Å². The number of methoxy groups -OCH3 is 1. The average molecular weight is 335 g/mol. The predicted octanol–water partition coefficient (Wildman–Crippen LogP) is 1.23. The molecule has 2 aromatic rings. The lowest BCUT2D eigenvalue weighted by atomic mass is 10.2. The molecule has 0 aliphatic rings. The van der Waals surface area contributed by atoms with Gasteiger partial charge in [0.2, 0.25) is 10.0 Å². The Morgan fingerprint density at radius 3 is 2.65 bits per heavy atom. The van der Waals surface area contributed by atoms with Gasteiger partial charge in [-0.1, -0.05) is 6.07 Å². The van der Waals surface area contributed by atoms with Gasteiger partial charge in [0.05, 0.1) is 17.6 Å². The first-order valence-corrected chi connectivity index (χ1v) is 8.23. The van der Waals surface area contributed by atoms with Crippen LogP contribution in [0.25, 0.3) is 0 Å². The lowest BCUT2D eigenvalue weighted by molar-refractivity contribution is 0.0997. The number of ether oxygens (including phenoxy) is 1. The highest BCUT2D eigenvalue weighted by Gasteiger charge is 2.21. The third-order valence-corrected chi connectivity index (χ3v) is 4.80. The Hall–Kier alpha value is -2.45. The molecule has 1 aromatic carbocycles. The maximum atomic E-state index is 12.5.